The van der Waals surface area contributed by atoms with Crippen LogP contribution in [0.3, 0.4) is 0 Å². The van der Waals surface area contributed by atoms with E-state index in [0.29, 0.717) is 19.1 Å². The third-order valence-electron chi connectivity index (χ3n) is 3.48. The average Bonchev–Trinajstić information content (AvgIpc) is 2.77. The molecular weight excluding hydrogens is 260 g/mol. The fourth-order valence-electron chi connectivity index (χ4n) is 2.22. The normalized spacial score (nSPS) is 17.6. The highest BCUT2D eigenvalue weighted by atomic mass is 32.1. The van der Waals surface area contributed by atoms with Gasteiger partial charge in [0.2, 0.25) is 5.91 Å². The molecule has 0 saturated carbocycles. The van der Waals surface area contributed by atoms with Crippen molar-refractivity contribution in [2.75, 3.05) is 26.7 Å². The second-order valence-corrected chi connectivity index (χ2v) is 6.53. The number of rotatable bonds is 4. The van der Waals surface area contributed by atoms with Crippen molar-refractivity contribution in [2.24, 2.45) is 5.73 Å². The number of thiazole rings is 1. The zero-order valence-electron chi connectivity index (χ0n) is 11.6. The fourth-order valence-corrected chi connectivity index (χ4v) is 3.07. The zero-order valence-corrected chi connectivity index (χ0v) is 12.4. The van der Waals surface area contributed by atoms with Gasteiger partial charge >= 0.3 is 0 Å². The van der Waals surface area contributed by atoms with Crippen LogP contribution in [-0.2, 0) is 11.3 Å². The first-order valence-corrected chi connectivity index (χ1v) is 7.49. The van der Waals surface area contributed by atoms with Crippen molar-refractivity contribution >= 4 is 17.2 Å². The molecule has 1 aliphatic rings. The van der Waals surface area contributed by atoms with Gasteiger partial charge in [-0.05, 0) is 19.8 Å². The van der Waals surface area contributed by atoms with Gasteiger partial charge in [0, 0.05) is 37.3 Å². The molecule has 1 aromatic rings. The van der Waals surface area contributed by atoms with Crippen molar-refractivity contribution in [3.05, 3.63) is 16.1 Å². The second-order valence-electron chi connectivity index (χ2n) is 5.21. The van der Waals surface area contributed by atoms with E-state index in [9.17, 15) is 4.79 Å². The smallest absolute Gasteiger partial charge is 0.236 e. The number of likely N-dealkylation sites (N-methyl/N-ethyl adjacent to an activating group) is 1. The number of carbonyl (C=O) groups is 1. The van der Waals surface area contributed by atoms with Crippen molar-refractivity contribution in [3.63, 3.8) is 0 Å². The number of aryl methyl sites for hydroxylation is 1. The monoisotopic (exact) mass is 282 g/mol. The van der Waals surface area contributed by atoms with Crippen LogP contribution in [0.4, 0.5) is 0 Å². The molecule has 19 heavy (non-hydrogen) atoms. The number of hydrogen-bond donors (Lipinski definition) is 1. The third-order valence-corrected chi connectivity index (χ3v) is 4.38. The van der Waals surface area contributed by atoms with Crippen molar-refractivity contribution in [2.45, 2.75) is 32.4 Å². The summed E-state index contributed by atoms with van der Waals surface area (Å²) in [6.07, 6.45) is 3.83. The molecule has 2 rings (SSSR count). The van der Waals surface area contributed by atoms with Crippen LogP contribution in [-0.4, -0.2) is 53.4 Å². The molecule has 0 radical (unpaired) electrons. The van der Waals surface area contributed by atoms with Crippen LogP contribution in [0, 0.1) is 6.92 Å². The summed E-state index contributed by atoms with van der Waals surface area (Å²) in [5, 5.41) is 1.04. The molecule has 1 aromatic heterocycles. The standard InChI is InChI=1S/C13H22N4OS/c1-10-15-7-12(19-10)8-16(2)13(18)9-17-5-3-11(14)4-6-17/h7,11H,3-6,8-9,14H2,1-2H3. The number of hydrogen-bond acceptors (Lipinski definition) is 5. The largest absolute Gasteiger partial charge is 0.339 e. The topological polar surface area (TPSA) is 62.5 Å². The maximum Gasteiger partial charge on any atom is 0.236 e. The summed E-state index contributed by atoms with van der Waals surface area (Å²) < 4.78 is 0. The van der Waals surface area contributed by atoms with E-state index in [1.165, 1.54) is 0 Å². The predicted molar refractivity (Wildman–Crippen MR) is 77.0 cm³/mol. The molecule has 0 bridgehead atoms. The number of amides is 1. The van der Waals surface area contributed by atoms with Crippen molar-refractivity contribution in [3.8, 4) is 0 Å². The number of nitrogens with zero attached hydrogens (tertiary/aromatic N) is 3. The quantitative estimate of drug-likeness (QED) is 0.888. The Hall–Kier alpha value is -0.980. The van der Waals surface area contributed by atoms with E-state index < -0.39 is 0 Å². The summed E-state index contributed by atoms with van der Waals surface area (Å²) in [6, 6.07) is 0.309. The van der Waals surface area contributed by atoms with Crippen molar-refractivity contribution < 1.29 is 4.79 Å². The molecule has 0 unspecified atom stereocenters. The number of piperidine rings is 1. The lowest BCUT2D eigenvalue weighted by Crippen LogP contribution is -2.44. The van der Waals surface area contributed by atoms with E-state index in [2.05, 4.69) is 9.88 Å². The van der Waals surface area contributed by atoms with Crippen molar-refractivity contribution in [1.82, 2.24) is 14.8 Å². The van der Waals surface area contributed by atoms with E-state index >= 15 is 0 Å². The van der Waals surface area contributed by atoms with Crippen LogP contribution in [0.2, 0.25) is 0 Å². The molecule has 2 N–H and O–H groups in total. The SMILES string of the molecule is Cc1ncc(CN(C)C(=O)CN2CCC(N)CC2)s1. The maximum atomic E-state index is 12.1. The van der Waals surface area contributed by atoms with Crippen LogP contribution in [0.15, 0.2) is 6.20 Å². The average molecular weight is 282 g/mol. The van der Waals surface area contributed by atoms with Crippen molar-refractivity contribution in [1.29, 1.82) is 0 Å². The lowest BCUT2D eigenvalue weighted by Gasteiger charge is -2.30. The van der Waals surface area contributed by atoms with Gasteiger partial charge in [-0.15, -0.1) is 11.3 Å². The van der Waals surface area contributed by atoms with Crippen LogP contribution in [0.5, 0.6) is 0 Å². The molecule has 6 heteroatoms. The number of nitrogens with two attached hydrogens (primary N) is 1. The summed E-state index contributed by atoms with van der Waals surface area (Å²) in [5.74, 6) is 0.168. The van der Waals surface area contributed by atoms with E-state index in [-0.39, 0.29) is 5.91 Å². The Morgan fingerprint density at radius 2 is 2.26 bits per heavy atom. The Kier molecular flexibility index (Phi) is 4.90. The highest BCUT2D eigenvalue weighted by Gasteiger charge is 2.20. The lowest BCUT2D eigenvalue weighted by atomic mass is 10.1. The van der Waals surface area contributed by atoms with E-state index in [0.717, 1.165) is 35.8 Å². The molecular formula is C13H22N4OS. The molecule has 0 aliphatic carbocycles. The molecule has 0 atom stereocenters. The van der Waals surface area contributed by atoms with Crippen LogP contribution < -0.4 is 5.73 Å². The minimum Gasteiger partial charge on any atom is -0.339 e. The van der Waals surface area contributed by atoms with Gasteiger partial charge in [0.15, 0.2) is 0 Å². The molecule has 1 amide bonds. The Morgan fingerprint density at radius 1 is 1.58 bits per heavy atom. The van der Waals surface area contributed by atoms with Gasteiger partial charge in [0.25, 0.3) is 0 Å². The highest BCUT2D eigenvalue weighted by Crippen LogP contribution is 2.14. The molecule has 0 aromatic carbocycles. The number of aromatic nitrogens is 1. The molecule has 0 spiro atoms. The summed E-state index contributed by atoms with van der Waals surface area (Å²) in [7, 11) is 1.85. The zero-order chi connectivity index (χ0) is 13.8. The van der Waals surface area contributed by atoms with Crippen LogP contribution in [0.1, 0.15) is 22.7 Å². The first-order valence-electron chi connectivity index (χ1n) is 6.68. The number of likely N-dealkylation sites (tertiary alicyclic amines) is 1. The minimum atomic E-state index is 0.168. The van der Waals surface area contributed by atoms with Crippen LogP contribution in [0.25, 0.3) is 0 Å². The second kappa shape index (κ2) is 6.45. The van der Waals surface area contributed by atoms with Gasteiger partial charge in [0.1, 0.15) is 0 Å². The summed E-state index contributed by atoms with van der Waals surface area (Å²) in [5.41, 5.74) is 5.86. The summed E-state index contributed by atoms with van der Waals surface area (Å²) in [4.78, 5) is 21.5. The lowest BCUT2D eigenvalue weighted by molar-refractivity contribution is -0.131. The van der Waals surface area contributed by atoms with Gasteiger partial charge in [-0.25, -0.2) is 4.98 Å². The van der Waals surface area contributed by atoms with Gasteiger partial charge in [-0.2, -0.15) is 0 Å². The Balaban J connectivity index is 1.79. The number of carbonyl (C=O) groups excluding carboxylic acids is 1. The van der Waals surface area contributed by atoms with Gasteiger partial charge in [-0.3, -0.25) is 9.69 Å². The van der Waals surface area contributed by atoms with E-state index in [1.54, 1.807) is 16.2 Å². The molecule has 5 nitrogen and oxygen atoms in total. The Morgan fingerprint density at radius 3 is 2.84 bits per heavy atom. The van der Waals surface area contributed by atoms with Gasteiger partial charge in [-0.1, -0.05) is 0 Å². The molecule has 2 heterocycles. The highest BCUT2D eigenvalue weighted by molar-refractivity contribution is 7.11. The molecule has 1 saturated heterocycles. The predicted octanol–water partition coefficient (Wildman–Crippen LogP) is 0.833. The summed E-state index contributed by atoms with van der Waals surface area (Å²) >= 11 is 1.64. The Labute approximate surface area is 118 Å². The van der Waals surface area contributed by atoms with Gasteiger partial charge in [0.05, 0.1) is 18.1 Å². The first-order chi connectivity index (χ1) is 9.04. The molecule has 106 valence electrons. The first kappa shape index (κ1) is 14.4. The maximum absolute atomic E-state index is 12.1. The van der Waals surface area contributed by atoms with E-state index in [4.69, 9.17) is 5.73 Å². The fraction of sp³-hybridized carbons (Fsp3) is 0.692. The summed E-state index contributed by atoms with van der Waals surface area (Å²) in [6.45, 7) is 4.99. The Bertz CT molecular complexity index is 426. The third kappa shape index (κ3) is 4.26. The molecule has 1 aliphatic heterocycles. The minimum absolute atomic E-state index is 0.168. The van der Waals surface area contributed by atoms with Crippen LogP contribution >= 0.6 is 11.3 Å². The van der Waals surface area contributed by atoms with Gasteiger partial charge < -0.3 is 10.6 Å². The van der Waals surface area contributed by atoms with E-state index in [1.807, 2.05) is 20.2 Å². The molecule has 1 fully saturated rings.